The first-order chi connectivity index (χ1) is 10.2. The number of hydrogen-bond acceptors (Lipinski definition) is 2. The van der Waals surface area contributed by atoms with E-state index in [1.165, 1.54) is 31.4 Å². The number of benzene rings is 1. The fourth-order valence-corrected chi connectivity index (χ4v) is 3.27. The highest BCUT2D eigenvalue weighted by Crippen LogP contribution is 2.28. The molecule has 2 nitrogen and oxygen atoms in total. The fraction of sp³-hybridized carbons (Fsp3) is 0.667. The Morgan fingerprint density at radius 2 is 2.10 bits per heavy atom. The molecule has 0 bridgehead atoms. The quantitative estimate of drug-likeness (QED) is 0.722. The maximum atomic E-state index is 6.38. The molecule has 1 aromatic rings. The van der Waals surface area contributed by atoms with Gasteiger partial charge in [-0.25, -0.2) is 0 Å². The van der Waals surface area contributed by atoms with Crippen LogP contribution in [-0.4, -0.2) is 31.6 Å². The van der Waals surface area contributed by atoms with Gasteiger partial charge in [-0.05, 0) is 63.4 Å². The van der Waals surface area contributed by atoms with Crippen molar-refractivity contribution in [2.75, 3.05) is 26.7 Å². The Morgan fingerprint density at radius 1 is 1.33 bits per heavy atom. The van der Waals surface area contributed by atoms with E-state index in [-0.39, 0.29) is 0 Å². The van der Waals surface area contributed by atoms with Crippen molar-refractivity contribution in [2.45, 2.75) is 45.1 Å². The van der Waals surface area contributed by atoms with Gasteiger partial charge in [0.05, 0.1) is 0 Å². The lowest BCUT2D eigenvalue weighted by atomic mass is 9.85. The second-order valence-corrected chi connectivity index (χ2v) is 6.78. The van der Waals surface area contributed by atoms with Crippen LogP contribution < -0.4 is 5.32 Å². The van der Waals surface area contributed by atoms with Gasteiger partial charge in [-0.1, -0.05) is 43.1 Å². The van der Waals surface area contributed by atoms with Crippen LogP contribution in [-0.2, 0) is 0 Å². The van der Waals surface area contributed by atoms with Crippen LogP contribution in [0.1, 0.15) is 50.6 Å². The summed E-state index contributed by atoms with van der Waals surface area (Å²) in [4.78, 5) is 2.49. The molecule has 118 valence electrons. The van der Waals surface area contributed by atoms with Gasteiger partial charge in [0, 0.05) is 17.6 Å². The topological polar surface area (TPSA) is 15.3 Å². The Morgan fingerprint density at radius 3 is 2.71 bits per heavy atom. The average Bonchev–Trinajstić information content (AvgIpc) is 2.44. The summed E-state index contributed by atoms with van der Waals surface area (Å²) in [5.41, 5.74) is 1.24. The van der Waals surface area contributed by atoms with Crippen molar-refractivity contribution in [2.24, 2.45) is 5.92 Å². The lowest BCUT2D eigenvalue weighted by Gasteiger charge is -2.31. The predicted octanol–water partition coefficient (Wildman–Crippen LogP) is 4.50. The van der Waals surface area contributed by atoms with E-state index in [1.807, 2.05) is 12.1 Å². The van der Waals surface area contributed by atoms with Crippen LogP contribution in [0.5, 0.6) is 0 Å². The number of nitrogens with one attached hydrogen (secondary N) is 1. The van der Waals surface area contributed by atoms with Crippen molar-refractivity contribution in [1.29, 1.82) is 0 Å². The van der Waals surface area contributed by atoms with Gasteiger partial charge in [0.15, 0.2) is 0 Å². The van der Waals surface area contributed by atoms with E-state index in [0.29, 0.717) is 6.04 Å². The monoisotopic (exact) mass is 308 g/mol. The molecule has 0 heterocycles. The number of rotatable bonds is 9. The minimum Gasteiger partial charge on any atom is -0.310 e. The third-order valence-electron chi connectivity index (χ3n) is 4.52. The molecule has 0 aromatic heterocycles. The molecule has 1 aliphatic carbocycles. The van der Waals surface area contributed by atoms with Gasteiger partial charge < -0.3 is 10.2 Å². The largest absolute Gasteiger partial charge is 0.310 e. The van der Waals surface area contributed by atoms with Crippen molar-refractivity contribution >= 4 is 11.6 Å². The van der Waals surface area contributed by atoms with E-state index < -0.39 is 0 Å². The van der Waals surface area contributed by atoms with Crippen LogP contribution >= 0.6 is 11.6 Å². The zero-order valence-corrected chi connectivity index (χ0v) is 14.2. The normalized spacial score (nSPS) is 17.0. The van der Waals surface area contributed by atoms with Crippen LogP contribution in [0.15, 0.2) is 24.3 Å². The highest BCUT2D eigenvalue weighted by atomic mass is 35.5. The summed E-state index contributed by atoms with van der Waals surface area (Å²) in [6, 6.07) is 8.60. The molecule has 0 aliphatic heterocycles. The number of nitrogens with zero attached hydrogens (tertiary/aromatic N) is 1. The maximum absolute atomic E-state index is 6.38. The van der Waals surface area contributed by atoms with Crippen LogP contribution in [0.25, 0.3) is 0 Å². The zero-order chi connectivity index (χ0) is 15.1. The van der Waals surface area contributed by atoms with Crippen molar-refractivity contribution in [1.82, 2.24) is 10.2 Å². The Kier molecular flexibility index (Phi) is 7.01. The van der Waals surface area contributed by atoms with Gasteiger partial charge in [0.25, 0.3) is 0 Å². The van der Waals surface area contributed by atoms with E-state index in [0.717, 1.165) is 36.9 Å². The van der Waals surface area contributed by atoms with Crippen LogP contribution in [0.2, 0.25) is 5.02 Å². The zero-order valence-electron chi connectivity index (χ0n) is 13.4. The van der Waals surface area contributed by atoms with Crippen LogP contribution in [0.3, 0.4) is 0 Å². The number of hydrogen-bond donors (Lipinski definition) is 1. The summed E-state index contributed by atoms with van der Waals surface area (Å²) in [6.07, 6.45) is 6.55. The van der Waals surface area contributed by atoms with Gasteiger partial charge in [0.1, 0.15) is 0 Å². The lowest BCUT2D eigenvalue weighted by Crippen LogP contribution is -2.32. The highest BCUT2D eigenvalue weighted by Gasteiger charge is 2.20. The van der Waals surface area contributed by atoms with Gasteiger partial charge in [-0.15, -0.1) is 0 Å². The average molecular weight is 309 g/mol. The van der Waals surface area contributed by atoms with E-state index in [2.05, 4.69) is 36.3 Å². The van der Waals surface area contributed by atoms with Gasteiger partial charge >= 0.3 is 0 Å². The Hall–Kier alpha value is -0.570. The highest BCUT2D eigenvalue weighted by molar-refractivity contribution is 6.31. The molecule has 0 amide bonds. The molecule has 1 N–H and O–H groups in total. The minimum atomic E-state index is 0.363. The minimum absolute atomic E-state index is 0.363. The first kappa shape index (κ1) is 16.8. The first-order valence-corrected chi connectivity index (χ1v) is 8.74. The summed E-state index contributed by atoms with van der Waals surface area (Å²) in [7, 11) is 2.25. The molecule has 1 aromatic carbocycles. The lowest BCUT2D eigenvalue weighted by molar-refractivity contribution is 0.199. The smallest absolute Gasteiger partial charge is 0.0453 e. The predicted molar refractivity (Wildman–Crippen MR) is 91.9 cm³/mol. The molecule has 21 heavy (non-hydrogen) atoms. The summed E-state index contributed by atoms with van der Waals surface area (Å²) in [6.45, 7) is 5.63. The Balaban J connectivity index is 1.88. The van der Waals surface area contributed by atoms with E-state index in [9.17, 15) is 0 Å². The second kappa shape index (κ2) is 8.77. The standard InChI is InChI=1S/C18H29ClN2/c1-3-12-20-18(16-9-4-5-10-17(16)19)11-13-21(2)14-15-7-6-8-15/h4-5,9-10,15,18,20H,3,6-8,11-14H2,1-2H3. The van der Waals surface area contributed by atoms with Crippen molar-refractivity contribution in [3.05, 3.63) is 34.9 Å². The van der Waals surface area contributed by atoms with E-state index in [4.69, 9.17) is 11.6 Å². The third-order valence-corrected chi connectivity index (χ3v) is 4.86. The summed E-state index contributed by atoms with van der Waals surface area (Å²) >= 11 is 6.38. The SMILES string of the molecule is CCCNC(CCN(C)CC1CCC1)c1ccccc1Cl. The molecule has 1 atom stereocenters. The molecule has 1 saturated carbocycles. The van der Waals surface area contributed by atoms with Gasteiger partial charge in [-0.2, -0.15) is 0 Å². The summed E-state index contributed by atoms with van der Waals surface area (Å²) in [5, 5.41) is 4.53. The van der Waals surface area contributed by atoms with E-state index in [1.54, 1.807) is 0 Å². The third kappa shape index (κ3) is 5.28. The fourth-order valence-electron chi connectivity index (χ4n) is 3.00. The van der Waals surface area contributed by atoms with Crippen LogP contribution in [0, 0.1) is 5.92 Å². The molecule has 0 spiro atoms. The van der Waals surface area contributed by atoms with Crippen LogP contribution in [0.4, 0.5) is 0 Å². The Bertz CT molecular complexity index is 417. The molecule has 1 fully saturated rings. The van der Waals surface area contributed by atoms with Crippen molar-refractivity contribution < 1.29 is 0 Å². The summed E-state index contributed by atoms with van der Waals surface area (Å²) in [5.74, 6) is 0.942. The summed E-state index contributed by atoms with van der Waals surface area (Å²) < 4.78 is 0. The van der Waals surface area contributed by atoms with Gasteiger partial charge in [-0.3, -0.25) is 0 Å². The molecular weight excluding hydrogens is 280 g/mol. The molecule has 3 heteroatoms. The number of halogens is 1. The molecular formula is C18H29ClN2. The van der Waals surface area contributed by atoms with Gasteiger partial charge in [0.2, 0.25) is 0 Å². The molecule has 0 radical (unpaired) electrons. The van der Waals surface area contributed by atoms with Crippen molar-refractivity contribution in [3.8, 4) is 0 Å². The molecule has 2 rings (SSSR count). The first-order valence-electron chi connectivity index (χ1n) is 8.37. The molecule has 1 aliphatic rings. The Labute approximate surface area is 134 Å². The molecule has 1 unspecified atom stereocenters. The van der Waals surface area contributed by atoms with E-state index >= 15 is 0 Å². The van der Waals surface area contributed by atoms with Crippen molar-refractivity contribution in [3.63, 3.8) is 0 Å². The maximum Gasteiger partial charge on any atom is 0.0453 e. The second-order valence-electron chi connectivity index (χ2n) is 6.38. The molecule has 0 saturated heterocycles.